The Labute approximate surface area is 201 Å². The van der Waals surface area contributed by atoms with E-state index in [9.17, 15) is 4.79 Å². The highest BCUT2D eigenvalue weighted by molar-refractivity contribution is 7.98. The van der Waals surface area contributed by atoms with Crippen molar-refractivity contribution in [1.29, 1.82) is 0 Å². The number of nitrogens with one attached hydrogen (secondary N) is 1. The molecule has 7 heteroatoms. The highest BCUT2D eigenvalue weighted by Gasteiger charge is 2.12. The van der Waals surface area contributed by atoms with Crippen molar-refractivity contribution in [3.05, 3.63) is 94.1 Å². The van der Waals surface area contributed by atoms with E-state index in [1.54, 1.807) is 31.0 Å². The van der Waals surface area contributed by atoms with Crippen LogP contribution in [0.5, 0.6) is 5.75 Å². The highest BCUT2D eigenvalue weighted by atomic mass is 35.5. The molecule has 0 saturated heterocycles. The van der Waals surface area contributed by atoms with E-state index in [2.05, 4.69) is 28.2 Å². The van der Waals surface area contributed by atoms with E-state index in [0.717, 1.165) is 16.8 Å². The lowest BCUT2D eigenvalue weighted by Crippen LogP contribution is -2.27. The predicted octanol–water partition coefficient (Wildman–Crippen LogP) is 6.68. The first-order valence-corrected chi connectivity index (χ1v) is 11.9. The Kier molecular flexibility index (Phi) is 7.30. The molecule has 0 aliphatic rings. The molecule has 1 aromatic heterocycles. The number of benzene rings is 3. The number of nitrogens with zero attached hydrogens (tertiary/aromatic N) is 1. The number of halogens is 2. The largest absolute Gasteiger partial charge is 0.496 e. The minimum absolute atomic E-state index is 0.145. The molecule has 0 aliphatic carbocycles. The zero-order chi connectivity index (χ0) is 22.5. The van der Waals surface area contributed by atoms with Gasteiger partial charge in [-0.3, -0.25) is 4.79 Å². The number of carbonyl (C=O) groups is 1. The number of amides is 1. The van der Waals surface area contributed by atoms with Crippen molar-refractivity contribution in [2.45, 2.75) is 17.2 Å². The Balaban J connectivity index is 1.45. The summed E-state index contributed by atoms with van der Waals surface area (Å²) in [6.45, 7) is 1.17. The van der Waals surface area contributed by atoms with E-state index in [1.807, 2.05) is 42.5 Å². The number of para-hydroxylation sites is 2. The van der Waals surface area contributed by atoms with Gasteiger partial charge in [0.15, 0.2) is 0 Å². The number of fused-ring (bicyclic) bond motifs is 1. The summed E-state index contributed by atoms with van der Waals surface area (Å²) in [7, 11) is 1.56. The van der Waals surface area contributed by atoms with Gasteiger partial charge >= 0.3 is 0 Å². The number of ether oxygens (including phenoxy) is 1. The molecular formula is C25H22Cl2N2O2S. The fraction of sp³-hybridized carbons (Fsp3) is 0.160. The van der Waals surface area contributed by atoms with Gasteiger partial charge in [-0.05, 0) is 35.9 Å². The fourth-order valence-electron chi connectivity index (χ4n) is 3.52. The lowest BCUT2D eigenvalue weighted by molar-refractivity contribution is 0.0949. The number of aromatic nitrogens is 1. The van der Waals surface area contributed by atoms with Gasteiger partial charge in [-0.1, -0.05) is 59.6 Å². The molecule has 3 aromatic carbocycles. The number of hydrogen-bond acceptors (Lipinski definition) is 3. The Morgan fingerprint density at radius 3 is 2.62 bits per heavy atom. The van der Waals surface area contributed by atoms with Crippen molar-refractivity contribution >= 4 is 51.8 Å². The van der Waals surface area contributed by atoms with Gasteiger partial charge in [-0.2, -0.15) is 0 Å². The number of methoxy groups -OCH3 is 1. The van der Waals surface area contributed by atoms with Crippen molar-refractivity contribution in [2.24, 2.45) is 0 Å². The Bertz CT molecular complexity index is 1260. The molecule has 32 heavy (non-hydrogen) atoms. The third-order valence-electron chi connectivity index (χ3n) is 5.12. The standard InChI is InChI=1S/C25H22Cl2N2O2S/c1-31-23-9-5-3-7-19(23)25(30)28-12-13-29-15-24(18-6-2-4-8-22(18)29)32-16-17-10-11-20(26)21(27)14-17/h2-11,14-15H,12-13,16H2,1H3,(H,28,30). The first-order chi connectivity index (χ1) is 15.6. The van der Waals surface area contributed by atoms with Crippen LogP contribution in [0.4, 0.5) is 0 Å². The van der Waals surface area contributed by atoms with Gasteiger partial charge in [0.05, 0.1) is 22.7 Å². The lowest BCUT2D eigenvalue weighted by Gasteiger charge is -2.10. The Morgan fingerprint density at radius 1 is 1.03 bits per heavy atom. The summed E-state index contributed by atoms with van der Waals surface area (Å²) >= 11 is 13.9. The molecule has 0 bridgehead atoms. The average molecular weight is 485 g/mol. The van der Waals surface area contributed by atoms with Gasteiger partial charge in [0.25, 0.3) is 5.91 Å². The molecule has 0 spiro atoms. The molecule has 1 heterocycles. The van der Waals surface area contributed by atoms with Crippen LogP contribution in [0.2, 0.25) is 10.0 Å². The van der Waals surface area contributed by atoms with E-state index >= 15 is 0 Å². The Morgan fingerprint density at radius 2 is 1.81 bits per heavy atom. The SMILES string of the molecule is COc1ccccc1C(=O)NCCn1cc(SCc2ccc(Cl)c(Cl)c2)c2ccccc21. The summed E-state index contributed by atoms with van der Waals surface area (Å²) in [6, 6.07) is 21.2. The molecule has 4 nitrogen and oxygen atoms in total. The topological polar surface area (TPSA) is 43.3 Å². The smallest absolute Gasteiger partial charge is 0.255 e. The number of carbonyl (C=O) groups excluding carboxylic acids is 1. The second-order valence-corrected chi connectivity index (χ2v) is 9.03. The molecule has 1 amide bonds. The second kappa shape index (κ2) is 10.3. The number of hydrogen-bond donors (Lipinski definition) is 1. The molecule has 1 N–H and O–H groups in total. The van der Waals surface area contributed by atoms with Crippen LogP contribution in [0.15, 0.2) is 77.8 Å². The minimum Gasteiger partial charge on any atom is -0.496 e. The first kappa shape index (κ1) is 22.6. The van der Waals surface area contributed by atoms with Crippen molar-refractivity contribution in [1.82, 2.24) is 9.88 Å². The first-order valence-electron chi connectivity index (χ1n) is 10.1. The van der Waals surface area contributed by atoms with Gasteiger partial charge in [0.1, 0.15) is 5.75 Å². The van der Waals surface area contributed by atoms with Crippen LogP contribution in [0.3, 0.4) is 0 Å². The zero-order valence-electron chi connectivity index (χ0n) is 17.5. The Hall–Kier alpha value is -2.60. The van der Waals surface area contributed by atoms with Gasteiger partial charge < -0.3 is 14.6 Å². The third-order valence-corrected chi connectivity index (χ3v) is 6.97. The maximum absolute atomic E-state index is 12.6. The van der Waals surface area contributed by atoms with Crippen LogP contribution in [0.25, 0.3) is 10.9 Å². The van der Waals surface area contributed by atoms with E-state index in [0.29, 0.717) is 34.4 Å². The molecular weight excluding hydrogens is 463 g/mol. The van der Waals surface area contributed by atoms with Crippen LogP contribution in [-0.2, 0) is 12.3 Å². The van der Waals surface area contributed by atoms with Gasteiger partial charge in [0.2, 0.25) is 0 Å². The van der Waals surface area contributed by atoms with Crippen LogP contribution in [0.1, 0.15) is 15.9 Å². The molecule has 0 atom stereocenters. The van der Waals surface area contributed by atoms with Crippen molar-refractivity contribution in [3.8, 4) is 5.75 Å². The highest BCUT2D eigenvalue weighted by Crippen LogP contribution is 2.33. The van der Waals surface area contributed by atoms with Crippen molar-refractivity contribution in [3.63, 3.8) is 0 Å². The minimum atomic E-state index is -0.145. The molecule has 0 saturated carbocycles. The maximum Gasteiger partial charge on any atom is 0.255 e. The average Bonchev–Trinajstić information content (AvgIpc) is 3.17. The van der Waals surface area contributed by atoms with E-state index in [4.69, 9.17) is 27.9 Å². The molecule has 164 valence electrons. The van der Waals surface area contributed by atoms with Crippen molar-refractivity contribution < 1.29 is 9.53 Å². The zero-order valence-corrected chi connectivity index (χ0v) is 19.8. The van der Waals surface area contributed by atoms with E-state index in [1.165, 1.54) is 10.3 Å². The molecule has 0 unspecified atom stereocenters. The maximum atomic E-state index is 12.6. The summed E-state index contributed by atoms with van der Waals surface area (Å²) < 4.78 is 7.46. The monoisotopic (exact) mass is 484 g/mol. The van der Waals surface area contributed by atoms with Gasteiger partial charge in [-0.25, -0.2) is 0 Å². The summed E-state index contributed by atoms with van der Waals surface area (Å²) in [5, 5.41) is 5.31. The molecule has 0 radical (unpaired) electrons. The van der Waals surface area contributed by atoms with Crippen LogP contribution in [0, 0.1) is 0 Å². The predicted molar refractivity (Wildman–Crippen MR) is 133 cm³/mol. The normalized spacial score (nSPS) is 11.0. The van der Waals surface area contributed by atoms with Gasteiger partial charge in [0, 0.05) is 40.8 Å². The summed E-state index contributed by atoms with van der Waals surface area (Å²) in [5.74, 6) is 1.21. The summed E-state index contributed by atoms with van der Waals surface area (Å²) in [6.07, 6.45) is 2.14. The van der Waals surface area contributed by atoms with E-state index < -0.39 is 0 Å². The van der Waals surface area contributed by atoms with Crippen molar-refractivity contribution in [2.75, 3.05) is 13.7 Å². The molecule has 4 aromatic rings. The van der Waals surface area contributed by atoms with Gasteiger partial charge in [-0.15, -0.1) is 11.8 Å². The lowest BCUT2D eigenvalue weighted by atomic mass is 10.2. The third kappa shape index (κ3) is 5.07. The summed E-state index contributed by atoms with van der Waals surface area (Å²) in [5.41, 5.74) is 2.78. The van der Waals surface area contributed by atoms with Crippen LogP contribution in [-0.4, -0.2) is 24.1 Å². The summed E-state index contributed by atoms with van der Waals surface area (Å²) in [4.78, 5) is 13.8. The molecule has 0 aliphatic heterocycles. The number of rotatable bonds is 8. The second-order valence-electron chi connectivity index (χ2n) is 7.20. The quantitative estimate of drug-likeness (QED) is 0.283. The van der Waals surface area contributed by atoms with Crippen LogP contribution < -0.4 is 10.1 Å². The number of thioether (sulfide) groups is 1. The molecule has 0 fully saturated rings. The van der Waals surface area contributed by atoms with E-state index in [-0.39, 0.29) is 5.91 Å². The van der Waals surface area contributed by atoms with Crippen LogP contribution >= 0.6 is 35.0 Å². The fourth-order valence-corrected chi connectivity index (χ4v) is 4.87. The molecule has 4 rings (SSSR count).